The van der Waals surface area contributed by atoms with Crippen molar-refractivity contribution in [2.45, 2.75) is 6.92 Å². The lowest BCUT2D eigenvalue weighted by Crippen LogP contribution is -1.57. The fourth-order valence-corrected chi connectivity index (χ4v) is 1.25. The lowest BCUT2D eigenvalue weighted by molar-refractivity contribution is 0.604. The van der Waals surface area contributed by atoms with Crippen LogP contribution in [0.5, 0.6) is 0 Å². The molecule has 0 radical (unpaired) electrons. The molecule has 0 spiro atoms. The molecule has 0 aliphatic heterocycles. The van der Waals surface area contributed by atoms with Crippen LogP contribution in [0.15, 0.2) is 40.8 Å². The molecule has 1 heteroatoms. The monoisotopic (exact) mass is 158 g/mol. The van der Waals surface area contributed by atoms with Gasteiger partial charge in [0.2, 0.25) is 0 Å². The average molecular weight is 158 g/mol. The van der Waals surface area contributed by atoms with E-state index in [1.165, 1.54) is 0 Å². The largest absolute Gasteiger partial charge is 0.457 e. The summed E-state index contributed by atoms with van der Waals surface area (Å²) in [5, 5.41) is 1.16. The second-order valence-corrected chi connectivity index (χ2v) is 2.69. The fraction of sp³-hybridized carbons (Fsp3) is 0.0909. The van der Waals surface area contributed by atoms with Crippen LogP contribution in [0.3, 0.4) is 0 Å². The van der Waals surface area contributed by atoms with Gasteiger partial charge < -0.3 is 4.42 Å². The van der Waals surface area contributed by atoms with E-state index in [4.69, 9.17) is 4.42 Å². The van der Waals surface area contributed by atoms with E-state index in [1.807, 2.05) is 49.4 Å². The summed E-state index contributed by atoms with van der Waals surface area (Å²) >= 11 is 0. The molecule has 0 atom stereocenters. The van der Waals surface area contributed by atoms with Crippen molar-refractivity contribution in [1.82, 2.24) is 0 Å². The number of rotatable bonds is 1. The van der Waals surface area contributed by atoms with Crippen LogP contribution < -0.4 is 0 Å². The second-order valence-electron chi connectivity index (χ2n) is 2.69. The molecule has 0 aliphatic carbocycles. The van der Waals surface area contributed by atoms with Gasteiger partial charge in [0.25, 0.3) is 0 Å². The third-order valence-corrected chi connectivity index (χ3v) is 1.78. The Hall–Kier alpha value is -1.50. The summed E-state index contributed by atoms with van der Waals surface area (Å²) < 4.78 is 5.52. The molecule has 0 amide bonds. The van der Waals surface area contributed by atoms with Crippen molar-refractivity contribution in [3.05, 3.63) is 42.2 Å². The maximum absolute atomic E-state index is 5.52. The molecular formula is C11H10O. The van der Waals surface area contributed by atoms with Crippen molar-refractivity contribution in [3.63, 3.8) is 0 Å². The maximum Gasteiger partial charge on any atom is 0.134 e. The van der Waals surface area contributed by atoms with Gasteiger partial charge in [-0.1, -0.05) is 24.3 Å². The number of furan rings is 1. The second kappa shape index (κ2) is 2.86. The van der Waals surface area contributed by atoms with E-state index >= 15 is 0 Å². The van der Waals surface area contributed by atoms with Crippen molar-refractivity contribution < 1.29 is 4.42 Å². The first-order valence-corrected chi connectivity index (χ1v) is 4.01. The standard InChI is InChI=1S/C11H10O/c1-2-5-10-8-9-6-3-4-7-11(9)12-10/h2-8H,1H3. The van der Waals surface area contributed by atoms with Crippen molar-refractivity contribution >= 4 is 17.0 Å². The van der Waals surface area contributed by atoms with E-state index in [2.05, 4.69) is 0 Å². The van der Waals surface area contributed by atoms with Crippen molar-refractivity contribution in [1.29, 1.82) is 0 Å². The first-order chi connectivity index (χ1) is 5.90. The molecule has 0 bridgehead atoms. The molecule has 0 unspecified atom stereocenters. The zero-order chi connectivity index (χ0) is 8.39. The van der Waals surface area contributed by atoms with Crippen LogP contribution in [0, 0.1) is 0 Å². The van der Waals surface area contributed by atoms with Crippen molar-refractivity contribution in [2.75, 3.05) is 0 Å². The number of allylic oxidation sites excluding steroid dienone is 1. The predicted molar refractivity (Wildman–Crippen MR) is 50.9 cm³/mol. The van der Waals surface area contributed by atoms with E-state index in [-0.39, 0.29) is 0 Å². The van der Waals surface area contributed by atoms with Crippen LogP contribution in [0.4, 0.5) is 0 Å². The van der Waals surface area contributed by atoms with Crippen LogP contribution in [-0.2, 0) is 0 Å². The Morgan fingerprint density at radius 1 is 1.25 bits per heavy atom. The molecule has 0 saturated carbocycles. The highest BCUT2D eigenvalue weighted by atomic mass is 16.3. The minimum atomic E-state index is 0.915. The van der Waals surface area contributed by atoms with Crippen molar-refractivity contribution in [2.24, 2.45) is 0 Å². The number of benzene rings is 1. The molecule has 12 heavy (non-hydrogen) atoms. The summed E-state index contributed by atoms with van der Waals surface area (Å²) in [6.45, 7) is 1.98. The lowest BCUT2D eigenvalue weighted by Gasteiger charge is -1.82. The first-order valence-electron chi connectivity index (χ1n) is 4.01. The van der Waals surface area contributed by atoms with E-state index in [9.17, 15) is 0 Å². The predicted octanol–water partition coefficient (Wildman–Crippen LogP) is 3.47. The first kappa shape index (κ1) is 7.17. The van der Waals surface area contributed by atoms with Gasteiger partial charge in [-0.15, -0.1) is 0 Å². The Labute approximate surface area is 71.3 Å². The number of hydrogen-bond donors (Lipinski definition) is 0. The summed E-state index contributed by atoms with van der Waals surface area (Å²) in [6, 6.07) is 10.0. The van der Waals surface area contributed by atoms with E-state index in [1.54, 1.807) is 0 Å². The van der Waals surface area contributed by atoms with Crippen molar-refractivity contribution in [3.8, 4) is 0 Å². The van der Waals surface area contributed by atoms with Gasteiger partial charge in [-0.2, -0.15) is 0 Å². The van der Waals surface area contributed by atoms with Crippen LogP contribution in [0.2, 0.25) is 0 Å². The van der Waals surface area contributed by atoms with Gasteiger partial charge in [0, 0.05) is 5.39 Å². The Morgan fingerprint density at radius 3 is 2.83 bits per heavy atom. The Balaban J connectivity index is 2.62. The SMILES string of the molecule is CC=Cc1cc2ccccc2o1. The summed E-state index contributed by atoms with van der Waals surface area (Å²) in [5.41, 5.74) is 0.950. The van der Waals surface area contributed by atoms with Crippen LogP contribution in [-0.4, -0.2) is 0 Å². The van der Waals surface area contributed by atoms with Gasteiger partial charge >= 0.3 is 0 Å². The Bertz CT molecular complexity index is 377. The summed E-state index contributed by atoms with van der Waals surface area (Å²) in [4.78, 5) is 0. The van der Waals surface area contributed by atoms with E-state index in [0.717, 1.165) is 16.7 Å². The maximum atomic E-state index is 5.52. The molecule has 0 saturated heterocycles. The van der Waals surface area contributed by atoms with Crippen LogP contribution in [0.25, 0.3) is 17.0 Å². The molecule has 1 aromatic carbocycles. The van der Waals surface area contributed by atoms with Crippen LogP contribution >= 0.6 is 0 Å². The van der Waals surface area contributed by atoms with Crippen LogP contribution in [0.1, 0.15) is 12.7 Å². The molecule has 1 heterocycles. The quantitative estimate of drug-likeness (QED) is 0.619. The van der Waals surface area contributed by atoms with Gasteiger partial charge in [0.1, 0.15) is 11.3 Å². The number of para-hydroxylation sites is 1. The third kappa shape index (κ3) is 1.14. The van der Waals surface area contributed by atoms with Gasteiger partial charge in [0.05, 0.1) is 0 Å². The summed E-state index contributed by atoms with van der Waals surface area (Å²) in [6.07, 6.45) is 3.93. The molecule has 2 aromatic rings. The fourth-order valence-electron chi connectivity index (χ4n) is 1.25. The van der Waals surface area contributed by atoms with E-state index in [0.29, 0.717) is 0 Å². The smallest absolute Gasteiger partial charge is 0.134 e. The molecule has 0 fully saturated rings. The minimum absolute atomic E-state index is 0.915. The van der Waals surface area contributed by atoms with Gasteiger partial charge in [-0.25, -0.2) is 0 Å². The van der Waals surface area contributed by atoms with Gasteiger partial charge in [-0.3, -0.25) is 0 Å². The molecule has 1 nitrogen and oxygen atoms in total. The third-order valence-electron chi connectivity index (χ3n) is 1.78. The zero-order valence-electron chi connectivity index (χ0n) is 6.95. The molecule has 1 aromatic heterocycles. The molecular weight excluding hydrogens is 148 g/mol. The molecule has 0 aliphatic rings. The van der Waals surface area contributed by atoms with Gasteiger partial charge in [-0.05, 0) is 25.1 Å². The highest BCUT2D eigenvalue weighted by Gasteiger charge is 1.97. The highest BCUT2D eigenvalue weighted by molar-refractivity contribution is 5.79. The summed E-state index contributed by atoms with van der Waals surface area (Å²) in [5.74, 6) is 0.915. The minimum Gasteiger partial charge on any atom is -0.457 e. The van der Waals surface area contributed by atoms with E-state index < -0.39 is 0 Å². The molecule has 0 N–H and O–H groups in total. The Kier molecular flexibility index (Phi) is 1.71. The number of hydrogen-bond acceptors (Lipinski definition) is 1. The Morgan fingerprint density at radius 2 is 2.08 bits per heavy atom. The molecule has 2 rings (SSSR count). The topological polar surface area (TPSA) is 13.1 Å². The zero-order valence-corrected chi connectivity index (χ0v) is 6.95. The number of fused-ring (bicyclic) bond motifs is 1. The van der Waals surface area contributed by atoms with Gasteiger partial charge in [0.15, 0.2) is 0 Å². The summed E-state index contributed by atoms with van der Waals surface area (Å²) in [7, 11) is 0. The lowest BCUT2D eigenvalue weighted by atomic mass is 10.2. The normalized spacial score (nSPS) is 11.4. The molecule has 60 valence electrons. The average Bonchev–Trinajstić information content (AvgIpc) is 2.47. The highest BCUT2D eigenvalue weighted by Crippen LogP contribution is 2.19.